The molecule has 0 aliphatic rings. The molecule has 0 fully saturated rings. The molecule has 1 amide bonds. The summed E-state index contributed by atoms with van der Waals surface area (Å²) >= 11 is 6.19. The predicted molar refractivity (Wildman–Crippen MR) is 120 cm³/mol. The number of halogens is 1. The van der Waals surface area contributed by atoms with Crippen molar-refractivity contribution in [1.82, 2.24) is 15.2 Å². The van der Waals surface area contributed by atoms with E-state index in [4.69, 9.17) is 16.0 Å². The van der Waals surface area contributed by atoms with Gasteiger partial charge >= 0.3 is 0 Å². The van der Waals surface area contributed by atoms with E-state index in [-0.39, 0.29) is 5.91 Å². The van der Waals surface area contributed by atoms with Crippen LogP contribution >= 0.6 is 11.6 Å². The Morgan fingerprint density at radius 3 is 2.47 bits per heavy atom. The van der Waals surface area contributed by atoms with Crippen LogP contribution in [0, 0.1) is 0 Å². The first-order chi connectivity index (χ1) is 14.6. The summed E-state index contributed by atoms with van der Waals surface area (Å²) in [5.74, 6) is 1.11. The van der Waals surface area contributed by atoms with Gasteiger partial charge in [-0.25, -0.2) is 4.98 Å². The maximum Gasteiger partial charge on any atom is 0.220 e. The fourth-order valence-electron chi connectivity index (χ4n) is 3.19. The summed E-state index contributed by atoms with van der Waals surface area (Å²) in [6.07, 6.45) is 2.41. The first-order valence-electron chi connectivity index (χ1n) is 10.4. The fourth-order valence-corrected chi connectivity index (χ4v) is 3.42. The largest absolute Gasteiger partial charge is 0.441 e. The lowest BCUT2D eigenvalue weighted by Crippen LogP contribution is -2.23. The van der Waals surface area contributed by atoms with Gasteiger partial charge in [0.2, 0.25) is 5.91 Å². The lowest BCUT2D eigenvalue weighted by Gasteiger charge is -2.18. The molecule has 0 aliphatic heterocycles. The Hall–Kier alpha value is -2.63. The number of rotatable bonds is 10. The number of amides is 1. The molecule has 1 N–H and O–H groups in total. The number of carbonyl (C=O) groups is 1. The Morgan fingerprint density at radius 2 is 1.77 bits per heavy atom. The number of nitrogens with zero attached hydrogens (tertiary/aromatic N) is 2. The van der Waals surface area contributed by atoms with Crippen LogP contribution in [0.3, 0.4) is 0 Å². The molecule has 0 saturated heterocycles. The summed E-state index contributed by atoms with van der Waals surface area (Å²) in [6.45, 7) is 7.89. The summed E-state index contributed by atoms with van der Waals surface area (Å²) in [7, 11) is 0. The lowest BCUT2D eigenvalue weighted by molar-refractivity contribution is -0.121. The van der Waals surface area contributed by atoms with Gasteiger partial charge in [-0.05, 0) is 36.3 Å². The average Bonchev–Trinajstić information content (AvgIpc) is 3.24. The van der Waals surface area contributed by atoms with Gasteiger partial charge in [0.1, 0.15) is 0 Å². The summed E-state index contributed by atoms with van der Waals surface area (Å²) in [4.78, 5) is 18.8. The monoisotopic (exact) mass is 425 g/mol. The standard InChI is InChI=1S/C24H28ClN3O2/c1-3-28(4-2)17-19-11-9-18(10-12-19)15-26-23(29)13-14-24-27-16-22(30-24)20-7-5-6-8-21(20)25/h5-12,16H,3-4,13-15,17H2,1-2H3,(H,26,29). The highest BCUT2D eigenvalue weighted by Gasteiger charge is 2.11. The van der Waals surface area contributed by atoms with Crippen LogP contribution in [0.2, 0.25) is 5.02 Å². The van der Waals surface area contributed by atoms with E-state index < -0.39 is 0 Å². The van der Waals surface area contributed by atoms with Gasteiger partial charge < -0.3 is 9.73 Å². The third-order valence-corrected chi connectivity index (χ3v) is 5.40. The zero-order valence-corrected chi connectivity index (χ0v) is 18.3. The molecule has 2 aromatic carbocycles. The topological polar surface area (TPSA) is 58.4 Å². The predicted octanol–water partition coefficient (Wildman–Crippen LogP) is 5.09. The molecule has 3 aromatic rings. The number of benzene rings is 2. The van der Waals surface area contributed by atoms with Crippen molar-refractivity contribution in [3.63, 3.8) is 0 Å². The molecule has 6 heteroatoms. The summed E-state index contributed by atoms with van der Waals surface area (Å²) in [5, 5.41) is 3.57. The van der Waals surface area contributed by atoms with E-state index in [2.05, 4.69) is 53.3 Å². The van der Waals surface area contributed by atoms with Crippen molar-refractivity contribution in [2.45, 2.75) is 39.8 Å². The first kappa shape index (κ1) is 22.1. The van der Waals surface area contributed by atoms with Crippen LogP contribution in [0.4, 0.5) is 0 Å². The molecular formula is C24H28ClN3O2. The molecule has 0 bridgehead atoms. The average molecular weight is 426 g/mol. The van der Waals surface area contributed by atoms with Crippen LogP contribution in [0.15, 0.2) is 59.1 Å². The quantitative estimate of drug-likeness (QED) is 0.491. The number of aromatic nitrogens is 1. The van der Waals surface area contributed by atoms with Crippen molar-refractivity contribution >= 4 is 17.5 Å². The van der Waals surface area contributed by atoms with Crippen LogP contribution in [-0.4, -0.2) is 28.9 Å². The first-order valence-corrected chi connectivity index (χ1v) is 10.7. The van der Waals surface area contributed by atoms with Gasteiger partial charge in [-0.2, -0.15) is 0 Å². The van der Waals surface area contributed by atoms with Crippen LogP contribution in [0.25, 0.3) is 11.3 Å². The Labute approximate surface area is 183 Å². The normalized spacial score (nSPS) is 11.1. The Balaban J connectivity index is 1.45. The number of hydrogen-bond donors (Lipinski definition) is 1. The fraction of sp³-hybridized carbons (Fsp3) is 0.333. The third-order valence-electron chi connectivity index (χ3n) is 5.07. The second kappa shape index (κ2) is 11.0. The van der Waals surface area contributed by atoms with Crippen molar-refractivity contribution in [3.8, 4) is 11.3 Å². The summed E-state index contributed by atoms with van der Waals surface area (Å²) in [5.41, 5.74) is 3.17. The Morgan fingerprint density at radius 1 is 1.07 bits per heavy atom. The van der Waals surface area contributed by atoms with E-state index in [0.29, 0.717) is 36.1 Å². The molecule has 0 atom stereocenters. The van der Waals surface area contributed by atoms with Gasteiger partial charge in [-0.1, -0.05) is 61.8 Å². The molecule has 0 unspecified atom stereocenters. The molecule has 1 aromatic heterocycles. The smallest absolute Gasteiger partial charge is 0.220 e. The molecule has 30 heavy (non-hydrogen) atoms. The van der Waals surface area contributed by atoms with Gasteiger partial charge in [-0.15, -0.1) is 0 Å². The molecule has 0 spiro atoms. The van der Waals surface area contributed by atoms with Crippen molar-refractivity contribution in [3.05, 3.63) is 76.8 Å². The molecule has 3 rings (SSSR count). The molecule has 5 nitrogen and oxygen atoms in total. The Kier molecular flexibility index (Phi) is 8.05. The summed E-state index contributed by atoms with van der Waals surface area (Å²) in [6, 6.07) is 15.9. The van der Waals surface area contributed by atoms with Gasteiger partial charge in [0, 0.05) is 31.5 Å². The summed E-state index contributed by atoms with van der Waals surface area (Å²) < 4.78 is 5.75. The third kappa shape index (κ3) is 6.18. The van der Waals surface area contributed by atoms with Crippen molar-refractivity contribution in [2.75, 3.05) is 13.1 Å². The number of carbonyl (C=O) groups excluding carboxylic acids is 1. The van der Waals surface area contributed by atoms with Crippen LogP contribution in [0.5, 0.6) is 0 Å². The van der Waals surface area contributed by atoms with Gasteiger partial charge in [0.05, 0.1) is 11.2 Å². The van der Waals surface area contributed by atoms with Crippen molar-refractivity contribution in [2.24, 2.45) is 0 Å². The van der Waals surface area contributed by atoms with Gasteiger partial charge in [-0.3, -0.25) is 9.69 Å². The Bertz CT molecular complexity index is 949. The molecule has 158 valence electrons. The van der Waals surface area contributed by atoms with E-state index in [1.165, 1.54) is 5.56 Å². The number of aryl methyl sites for hydroxylation is 1. The second-order valence-corrected chi connectivity index (χ2v) is 7.56. The molecule has 0 aliphatic carbocycles. The number of nitrogens with one attached hydrogen (secondary N) is 1. The minimum Gasteiger partial charge on any atom is -0.441 e. The van der Waals surface area contributed by atoms with Gasteiger partial charge in [0.15, 0.2) is 11.7 Å². The van der Waals surface area contributed by atoms with E-state index in [0.717, 1.165) is 30.8 Å². The van der Waals surface area contributed by atoms with Crippen LogP contribution in [0.1, 0.15) is 37.3 Å². The minimum atomic E-state index is -0.0280. The van der Waals surface area contributed by atoms with Gasteiger partial charge in [0.25, 0.3) is 0 Å². The van der Waals surface area contributed by atoms with Crippen molar-refractivity contribution in [1.29, 1.82) is 0 Å². The molecular weight excluding hydrogens is 398 g/mol. The van der Waals surface area contributed by atoms with E-state index in [1.807, 2.05) is 24.3 Å². The maximum atomic E-state index is 12.2. The zero-order valence-electron chi connectivity index (χ0n) is 17.5. The molecule has 0 radical (unpaired) electrons. The maximum absolute atomic E-state index is 12.2. The highest BCUT2D eigenvalue weighted by molar-refractivity contribution is 6.33. The SMILES string of the molecule is CCN(CC)Cc1ccc(CNC(=O)CCc2ncc(-c3ccccc3Cl)o2)cc1. The van der Waals surface area contributed by atoms with Crippen LogP contribution in [-0.2, 0) is 24.3 Å². The van der Waals surface area contributed by atoms with Crippen LogP contribution < -0.4 is 5.32 Å². The molecule has 0 saturated carbocycles. The second-order valence-electron chi connectivity index (χ2n) is 7.15. The number of oxazole rings is 1. The van der Waals surface area contributed by atoms with E-state index in [1.54, 1.807) is 6.20 Å². The lowest BCUT2D eigenvalue weighted by atomic mass is 10.1. The minimum absolute atomic E-state index is 0.0280. The molecule has 1 heterocycles. The van der Waals surface area contributed by atoms with E-state index in [9.17, 15) is 4.79 Å². The highest BCUT2D eigenvalue weighted by Crippen LogP contribution is 2.28. The van der Waals surface area contributed by atoms with E-state index >= 15 is 0 Å². The van der Waals surface area contributed by atoms with Crippen molar-refractivity contribution < 1.29 is 9.21 Å². The zero-order chi connectivity index (χ0) is 21.3. The highest BCUT2D eigenvalue weighted by atomic mass is 35.5. The number of hydrogen-bond acceptors (Lipinski definition) is 4.